The van der Waals surface area contributed by atoms with Crippen LogP contribution in [0.15, 0.2) is 36.4 Å². The van der Waals surface area contributed by atoms with Gasteiger partial charge < -0.3 is 19.2 Å². The summed E-state index contributed by atoms with van der Waals surface area (Å²) < 4.78 is 7.28. The van der Waals surface area contributed by atoms with Crippen LogP contribution in [0.4, 0.5) is 0 Å². The smallest absolute Gasteiger partial charge is 0.0642 e. The minimum Gasteiger partial charge on any atom is -0.550 e. The van der Waals surface area contributed by atoms with Crippen LogP contribution in [-0.4, -0.2) is 24.3 Å². The zero-order valence-electron chi connectivity index (χ0n) is 12.5. The van der Waals surface area contributed by atoms with Crippen LogP contribution in [-0.2, 0) is 22.5 Å². The minimum absolute atomic E-state index is 0.0321. The van der Waals surface area contributed by atoms with E-state index in [2.05, 4.69) is 35.8 Å². The Bertz CT molecular complexity index is 599. The first kappa shape index (κ1) is 15.3. The van der Waals surface area contributed by atoms with Crippen molar-refractivity contribution in [2.24, 2.45) is 0 Å². The number of nitrogens with zero attached hydrogens (tertiary/aromatic N) is 1. The van der Waals surface area contributed by atoms with Crippen LogP contribution in [0, 0.1) is 6.92 Å². The molecule has 21 heavy (non-hydrogen) atoms. The molecule has 0 bridgehead atoms. The monoisotopic (exact) mass is 286 g/mol. The molecule has 1 aromatic heterocycles. The Balaban J connectivity index is 2.31. The summed E-state index contributed by atoms with van der Waals surface area (Å²) in [5, 5.41) is 10.7. The van der Waals surface area contributed by atoms with Crippen molar-refractivity contribution in [1.82, 2.24) is 4.57 Å². The summed E-state index contributed by atoms with van der Waals surface area (Å²) in [6.45, 7) is 3.35. The predicted molar refractivity (Wildman–Crippen MR) is 79.8 cm³/mol. The summed E-state index contributed by atoms with van der Waals surface area (Å²) in [4.78, 5) is 10.7. The molecule has 0 spiro atoms. The number of hydrogen-bond donors (Lipinski definition) is 0. The average Bonchev–Trinajstić information content (AvgIpc) is 2.86. The van der Waals surface area contributed by atoms with Crippen molar-refractivity contribution in [1.29, 1.82) is 0 Å². The highest BCUT2D eigenvalue weighted by Gasteiger charge is 2.10. The third kappa shape index (κ3) is 3.95. The fraction of sp³-hybridized carbons (Fsp3) is 0.353. The number of carboxylic acids is 1. The SMILES string of the molecule is COCCn1c(CCC(=O)[O-])ccc1-c1ccc(C)cc1. The number of aromatic nitrogens is 1. The largest absolute Gasteiger partial charge is 0.550 e. The van der Waals surface area contributed by atoms with E-state index in [0.29, 0.717) is 19.6 Å². The van der Waals surface area contributed by atoms with Crippen molar-refractivity contribution in [3.05, 3.63) is 47.7 Å². The minimum atomic E-state index is -1.02. The molecule has 2 aromatic rings. The van der Waals surface area contributed by atoms with E-state index in [0.717, 1.165) is 17.0 Å². The van der Waals surface area contributed by atoms with E-state index in [-0.39, 0.29) is 6.42 Å². The first-order valence-corrected chi connectivity index (χ1v) is 7.06. The fourth-order valence-corrected chi connectivity index (χ4v) is 2.38. The lowest BCUT2D eigenvalue weighted by atomic mass is 10.1. The molecule has 4 nitrogen and oxygen atoms in total. The lowest BCUT2D eigenvalue weighted by molar-refractivity contribution is -0.305. The normalized spacial score (nSPS) is 10.8. The van der Waals surface area contributed by atoms with E-state index in [1.807, 2.05) is 12.1 Å². The van der Waals surface area contributed by atoms with Crippen LogP contribution in [0.3, 0.4) is 0 Å². The molecular weight excluding hydrogens is 266 g/mol. The second-order valence-electron chi connectivity index (χ2n) is 5.09. The highest BCUT2D eigenvalue weighted by atomic mass is 16.5. The average molecular weight is 286 g/mol. The third-order valence-corrected chi connectivity index (χ3v) is 3.52. The maximum absolute atomic E-state index is 10.7. The summed E-state index contributed by atoms with van der Waals surface area (Å²) in [5.41, 5.74) is 4.41. The van der Waals surface area contributed by atoms with Crippen molar-refractivity contribution in [2.45, 2.75) is 26.3 Å². The van der Waals surface area contributed by atoms with Gasteiger partial charge in [-0.2, -0.15) is 0 Å². The van der Waals surface area contributed by atoms with Gasteiger partial charge in [-0.3, -0.25) is 0 Å². The molecule has 4 heteroatoms. The molecule has 0 radical (unpaired) electrons. The van der Waals surface area contributed by atoms with Gasteiger partial charge >= 0.3 is 0 Å². The highest BCUT2D eigenvalue weighted by molar-refractivity contribution is 5.65. The number of carbonyl (C=O) groups excluding carboxylic acids is 1. The van der Waals surface area contributed by atoms with E-state index in [4.69, 9.17) is 4.74 Å². The Morgan fingerprint density at radius 1 is 1.19 bits per heavy atom. The second kappa shape index (κ2) is 7.09. The van der Waals surface area contributed by atoms with Gasteiger partial charge in [0, 0.05) is 31.0 Å². The van der Waals surface area contributed by atoms with Gasteiger partial charge in [0.15, 0.2) is 0 Å². The molecule has 0 saturated heterocycles. The van der Waals surface area contributed by atoms with E-state index in [1.54, 1.807) is 7.11 Å². The Hall–Kier alpha value is -2.07. The summed E-state index contributed by atoms with van der Waals surface area (Å²) in [5.74, 6) is -1.02. The molecule has 0 amide bonds. The number of benzene rings is 1. The molecule has 1 heterocycles. The molecule has 1 aromatic carbocycles. The lowest BCUT2D eigenvalue weighted by Gasteiger charge is -2.14. The van der Waals surface area contributed by atoms with E-state index in [9.17, 15) is 9.90 Å². The van der Waals surface area contributed by atoms with Crippen LogP contribution in [0.25, 0.3) is 11.3 Å². The Morgan fingerprint density at radius 2 is 1.90 bits per heavy atom. The molecular formula is C17H20NO3-. The van der Waals surface area contributed by atoms with Crippen molar-refractivity contribution in [2.75, 3.05) is 13.7 Å². The Kier molecular flexibility index (Phi) is 5.17. The van der Waals surface area contributed by atoms with Gasteiger partial charge in [0.2, 0.25) is 0 Å². The van der Waals surface area contributed by atoms with E-state index >= 15 is 0 Å². The summed E-state index contributed by atoms with van der Waals surface area (Å²) in [6, 6.07) is 12.3. The molecule has 0 saturated carbocycles. The van der Waals surface area contributed by atoms with Crippen molar-refractivity contribution >= 4 is 5.97 Å². The van der Waals surface area contributed by atoms with Gasteiger partial charge in [-0.05, 0) is 37.5 Å². The van der Waals surface area contributed by atoms with Gasteiger partial charge in [-0.1, -0.05) is 29.8 Å². The van der Waals surface area contributed by atoms with Crippen LogP contribution in [0.2, 0.25) is 0 Å². The number of rotatable bonds is 7. The van der Waals surface area contributed by atoms with E-state index in [1.165, 1.54) is 5.56 Å². The zero-order valence-corrected chi connectivity index (χ0v) is 12.5. The molecule has 0 aliphatic carbocycles. The quantitative estimate of drug-likeness (QED) is 0.780. The number of ether oxygens (including phenoxy) is 1. The molecule has 112 valence electrons. The number of carboxylic acid groups (broad SMARTS) is 1. The van der Waals surface area contributed by atoms with Crippen LogP contribution < -0.4 is 5.11 Å². The van der Waals surface area contributed by atoms with Gasteiger partial charge in [0.1, 0.15) is 0 Å². The van der Waals surface area contributed by atoms with Crippen LogP contribution in [0.5, 0.6) is 0 Å². The van der Waals surface area contributed by atoms with Crippen molar-refractivity contribution in [3.63, 3.8) is 0 Å². The van der Waals surface area contributed by atoms with E-state index < -0.39 is 5.97 Å². The maximum atomic E-state index is 10.7. The second-order valence-corrected chi connectivity index (χ2v) is 5.09. The van der Waals surface area contributed by atoms with Gasteiger partial charge in [0.05, 0.1) is 6.61 Å². The van der Waals surface area contributed by atoms with Crippen LogP contribution >= 0.6 is 0 Å². The third-order valence-electron chi connectivity index (χ3n) is 3.52. The van der Waals surface area contributed by atoms with Crippen molar-refractivity contribution < 1.29 is 14.6 Å². The summed E-state index contributed by atoms with van der Waals surface area (Å²) >= 11 is 0. The first-order valence-electron chi connectivity index (χ1n) is 7.06. The molecule has 0 N–H and O–H groups in total. The van der Waals surface area contributed by atoms with Gasteiger partial charge in [0.25, 0.3) is 0 Å². The van der Waals surface area contributed by atoms with Gasteiger partial charge in [-0.25, -0.2) is 0 Å². The van der Waals surface area contributed by atoms with Crippen molar-refractivity contribution in [3.8, 4) is 11.3 Å². The molecule has 0 fully saturated rings. The molecule has 0 aliphatic heterocycles. The Morgan fingerprint density at radius 3 is 2.52 bits per heavy atom. The summed E-state index contributed by atoms with van der Waals surface area (Å²) in [6.07, 6.45) is 0.502. The van der Waals surface area contributed by atoms with Gasteiger partial charge in [-0.15, -0.1) is 0 Å². The first-order chi connectivity index (χ1) is 10.1. The van der Waals surface area contributed by atoms with Crippen LogP contribution in [0.1, 0.15) is 17.7 Å². The molecule has 0 aliphatic rings. The number of aliphatic carboxylic acids is 1. The molecule has 0 atom stereocenters. The molecule has 2 rings (SSSR count). The maximum Gasteiger partial charge on any atom is 0.0642 e. The highest BCUT2D eigenvalue weighted by Crippen LogP contribution is 2.24. The topological polar surface area (TPSA) is 54.3 Å². The predicted octanol–water partition coefficient (Wildman–Crippen LogP) is 1.79. The number of methoxy groups -OCH3 is 1. The lowest BCUT2D eigenvalue weighted by Crippen LogP contribution is -2.23. The molecule has 0 unspecified atom stereocenters. The standard InChI is InChI=1S/C17H21NO3/c1-13-3-5-14(6-4-13)16-9-7-15(8-10-17(19)20)18(16)11-12-21-2/h3-7,9H,8,10-12H2,1-2H3,(H,19,20)/p-1. The Labute approximate surface area is 125 Å². The zero-order chi connectivity index (χ0) is 15.2. The fourth-order valence-electron chi connectivity index (χ4n) is 2.38. The summed E-state index contributed by atoms with van der Waals surface area (Å²) in [7, 11) is 1.66. The number of hydrogen-bond acceptors (Lipinski definition) is 3. The number of carbonyl (C=O) groups is 1. The number of aryl methyl sites for hydroxylation is 2.